The Morgan fingerprint density at radius 1 is 1.38 bits per heavy atom. The van der Waals surface area contributed by atoms with Gasteiger partial charge in [-0.1, -0.05) is 12.8 Å². The lowest BCUT2D eigenvalue weighted by molar-refractivity contribution is 0.178. The van der Waals surface area contributed by atoms with Crippen molar-refractivity contribution in [3.63, 3.8) is 0 Å². The van der Waals surface area contributed by atoms with Gasteiger partial charge in [-0.05, 0) is 40.9 Å². The maximum Gasteiger partial charge on any atom is 0.126 e. The monoisotopic (exact) mass is 284 g/mol. The maximum absolute atomic E-state index is 9.32. The van der Waals surface area contributed by atoms with E-state index in [4.69, 9.17) is 0 Å². The van der Waals surface area contributed by atoms with Crippen molar-refractivity contribution in [2.24, 2.45) is 5.92 Å². The Bertz CT molecular complexity index is 328. The molecule has 88 valence electrons. The highest BCUT2D eigenvalue weighted by Crippen LogP contribution is 2.26. The van der Waals surface area contributed by atoms with Gasteiger partial charge in [0, 0.05) is 29.2 Å². The predicted octanol–water partition coefficient (Wildman–Crippen LogP) is 2.81. The van der Waals surface area contributed by atoms with Crippen LogP contribution in [-0.2, 0) is 0 Å². The highest BCUT2D eigenvalue weighted by Gasteiger charge is 2.24. The van der Waals surface area contributed by atoms with Gasteiger partial charge in [0.1, 0.15) is 5.82 Å². The molecule has 0 saturated heterocycles. The third kappa shape index (κ3) is 2.95. The lowest BCUT2D eigenvalue weighted by Gasteiger charge is -2.31. The second-order valence-corrected chi connectivity index (χ2v) is 5.26. The summed E-state index contributed by atoms with van der Waals surface area (Å²) in [6, 6.07) is 4.31. The van der Waals surface area contributed by atoms with Crippen LogP contribution in [-0.4, -0.2) is 22.7 Å². The normalized spacial score (nSPS) is 25.4. The zero-order valence-electron chi connectivity index (χ0n) is 9.19. The zero-order valence-corrected chi connectivity index (χ0v) is 10.8. The molecule has 1 aromatic heterocycles. The van der Waals surface area contributed by atoms with Crippen molar-refractivity contribution in [1.82, 2.24) is 4.98 Å². The molecule has 1 heterocycles. The molecule has 2 atom stereocenters. The first-order chi connectivity index (χ1) is 7.79. The topological polar surface area (TPSA) is 45.1 Å². The summed E-state index contributed by atoms with van der Waals surface area (Å²) >= 11 is 3.37. The summed E-state index contributed by atoms with van der Waals surface area (Å²) in [7, 11) is 0. The van der Waals surface area contributed by atoms with E-state index >= 15 is 0 Å². The fourth-order valence-corrected chi connectivity index (χ4v) is 2.50. The first-order valence-corrected chi connectivity index (χ1v) is 6.58. The smallest absolute Gasteiger partial charge is 0.126 e. The Labute approximate surface area is 104 Å². The van der Waals surface area contributed by atoms with Crippen molar-refractivity contribution < 1.29 is 5.11 Å². The highest BCUT2D eigenvalue weighted by atomic mass is 79.9. The van der Waals surface area contributed by atoms with E-state index in [-0.39, 0.29) is 6.61 Å². The van der Waals surface area contributed by atoms with E-state index in [2.05, 4.69) is 26.2 Å². The quantitative estimate of drug-likeness (QED) is 0.897. The molecular weight excluding hydrogens is 268 g/mol. The van der Waals surface area contributed by atoms with E-state index < -0.39 is 0 Å². The summed E-state index contributed by atoms with van der Waals surface area (Å²) in [5.74, 6) is 1.27. The molecule has 0 bridgehead atoms. The summed E-state index contributed by atoms with van der Waals surface area (Å²) in [5.41, 5.74) is 0. The maximum atomic E-state index is 9.32. The molecule has 0 radical (unpaired) electrons. The zero-order chi connectivity index (χ0) is 11.4. The average molecular weight is 285 g/mol. The minimum Gasteiger partial charge on any atom is -0.396 e. The van der Waals surface area contributed by atoms with Crippen LogP contribution < -0.4 is 5.32 Å². The first kappa shape index (κ1) is 11.9. The molecule has 1 aliphatic rings. The van der Waals surface area contributed by atoms with E-state index in [0.717, 1.165) is 23.1 Å². The Kier molecular flexibility index (Phi) is 4.18. The second kappa shape index (κ2) is 5.64. The number of halogens is 1. The number of aromatic nitrogens is 1. The van der Waals surface area contributed by atoms with Gasteiger partial charge in [0.2, 0.25) is 0 Å². The molecule has 2 rings (SSSR count). The lowest BCUT2D eigenvalue weighted by atomic mass is 9.85. The molecule has 2 unspecified atom stereocenters. The molecule has 0 aliphatic heterocycles. The standard InChI is InChI=1S/C12H17BrN2O/c13-10-5-6-12(14-7-10)15-11-4-2-1-3-9(11)8-16/h5-7,9,11,16H,1-4,8H2,(H,14,15). The van der Waals surface area contributed by atoms with Gasteiger partial charge in [-0.25, -0.2) is 4.98 Å². The summed E-state index contributed by atoms with van der Waals surface area (Å²) < 4.78 is 0.986. The Morgan fingerprint density at radius 3 is 2.88 bits per heavy atom. The van der Waals surface area contributed by atoms with Crippen LogP contribution >= 0.6 is 15.9 Å². The van der Waals surface area contributed by atoms with Gasteiger partial charge in [0.15, 0.2) is 0 Å². The molecule has 1 aliphatic carbocycles. The van der Waals surface area contributed by atoms with E-state index in [0.29, 0.717) is 12.0 Å². The van der Waals surface area contributed by atoms with Crippen LogP contribution in [0.5, 0.6) is 0 Å². The second-order valence-electron chi connectivity index (χ2n) is 4.34. The van der Waals surface area contributed by atoms with E-state index in [9.17, 15) is 5.11 Å². The third-order valence-corrected chi connectivity index (χ3v) is 3.67. The van der Waals surface area contributed by atoms with E-state index in [1.165, 1.54) is 12.8 Å². The van der Waals surface area contributed by atoms with Crippen molar-refractivity contribution >= 4 is 21.7 Å². The number of hydrogen-bond donors (Lipinski definition) is 2. The van der Waals surface area contributed by atoms with Gasteiger partial charge >= 0.3 is 0 Å². The molecule has 4 heteroatoms. The van der Waals surface area contributed by atoms with Gasteiger partial charge < -0.3 is 10.4 Å². The van der Waals surface area contributed by atoms with E-state index in [1.807, 2.05) is 12.1 Å². The van der Waals surface area contributed by atoms with Crippen molar-refractivity contribution in [2.75, 3.05) is 11.9 Å². The molecule has 0 amide bonds. The van der Waals surface area contributed by atoms with Crippen LogP contribution in [0.25, 0.3) is 0 Å². The third-order valence-electron chi connectivity index (χ3n) is 3.20. The molecule has 1 aromatic rings. The molecule has 2 N–H and O–H groups in total. The van der Waals surface area contributed by atoms with Gasteiger partial charge in [0.25, 0.3) is 0 Å². The summed E-state index contributed by atoms with van der Waals surface area (Å²) in [6.45, 7) is 0.272. The highest BCUT2D eigenvalue weighted by molar-refractivity contribution is 9.10. The van der Waals surface area contributed by atoms with E-state index in [1.54, 1.807) is 6.20 Å². The Balaban J connectivity index is 1.99. The van der Waals surface area contributed by atoms with Crippen LogP contribution in [0.3, 0.4) is 0 Å². The molecule has 16 heavy (non-hydrogen) atoms. The molecule has 0 aromatic carbocycles. The largest absolute Gasteiger partial charge is 0.396 e. The van der Waals surface area contributed by atoms with Crippen molar-refractivity contribution in [3.05, 3.63) is 22.8 Å². The number of aliphatic hydroxyl groups excluding tert-OH is 1. The molecule has 1 saturated carbocycles. The molecule has 3 nitrogen and oxygen atoms in total. The fourth-order valence-electron chi connectivity index (χ4n) is 2.27. The Morgan fingerprint density at radius 2 is 2.19 bits per heavy atom. The number of nitrogens with one attached hydrogen (secondary N) is 1. The number of pyridine rings is 1. The van der Waals surface area contributed by atoms with Crippen molar-refractivity contribution in [1.29, 1.82) is 0 Å². The van der Waals surface area contributed by atoms with Gasteiger partial charge in [0.05, 0.1) is 0 Å². The van der Waals surface area contributed by atoms with Gasteiger partial charge in [-0.2, -0.15) is 0 Å². The van der Waals surface area contributed by atoms with Crippen molar-refractivity contribution in [2.45, 2.75) is 31.7 Å². The minimum absolute atomic E-state index is 0.272. The van der Waals surface area contributed by atoms with Gasteiger partial charge in [-0.15, -0.1) is 0 Å². The van der Waals surface area contributed by atoms with Crippen LogP contribution in [0.1, 0.15) is 25.7 Å². The summed E-state index contributed by atoms with van der Waals surface area (Å²) in [5, 5.41) is 12.7. The van der Waals surface area contributed by atoms with Crippen LogP contribution in [0.15, 0.2) is 22.8 Å². The lowest BCUT2D eigenvalue weighted by Crippen LogP contribution is -2.34. The molecule has 1 fully saturated rings. The van der Waals surface area contributed by atoms with Crippen LogP contribution in [0.4, 0.5) is 5.82 Å². The summed E-state index contributed by atoms with van der Waals surface area (Å²) in [4.78, 5) is 4.30. The molecular formula is C12H17BrN2O. The number of anilines is 1. The SMILES string of the molecule is OCC1CCCCC1Nc1ccc(Br)cn1. The van der Waals surface area contributed by atoms with Crippen LogP contribution in [0.2, 0.25) is 0 Å². The average Bonchev–Trinajstić information content (AvgIpc) is 2.33. The predicted molar refractivity (Wildman–Crippen MR) is 68.4 cm³/mol. The number of hydrogen-bond acceptors (Lipinski definition) is 3. The number of aliphatic hydroxyl groups is 1. The molecule has 0 spiro atoms. The number of rotatable bonds is 3. The first-order valence-electron chi connectivity index (χ1n) is 5.78. The summed E-state index contributed by atoms with van der Waals surface area (Å²) in [6.07, 6.45) is 6.51. The minimum atomic E-state index is 0.272. The fraction of sp³-hybridized carbons (Fsp3) is 0.583. The Hall–Kier alpha value is -0.610. The van der Waals surface area contributed by atoms with Crippen molar-refractivity contribution in [3.8, 4) is 0 Å². The van der Waals surface area contributed by atoms with Gasteiger partial charge in [-0.3, -0.25) is 0 Å². The number of nitrogens with zero attached hydrogens (tertiary/aromatic N) is 1. The van der Waals surface area contributed by atoms with Crippen LogP contribution in [0, 0.1) is 5.92 Å².